The number of carbonyl (C=O) groups is 1. The molecule has 14 heavy (non-hydrogen) atoms. The smallest absolute Gasteiger partial charge is 0.407 e. The molecule has 1 atom stereocenters. The van der Waals surface area contributed by atoms with E-state index >= 15 is 0 Å². The third kappa shape index (κ3) is 4.43. The van der Waals surface area contributed by atoms with Crippen LogP contribution in [0.1, 0.15) is 20.8 Å². The van der Waals surface area contributed by atoms with E-state index in [1.165, 1.54) is 0 Å². The Hall–Kier alpha value is -0.810. The van der Waals surface area contributed by atoms with Crippen LogP contribution in [0.15, 0.2) is 0 Å². The minimum Gasteiger partial charge on any atom is -0.465 e. The van der Waals surface area contributed by atoms with Gasteiger partial charge >= 0.3 is 6.09 Å². The first-order valence-electron chi connectivity index (χ1n) is 4.65. The molecule has 5 heteroatoms. The van der Waals surface area contributed by atoms with Crippen molar-refractivity contribution >= 4 is 6.09 Å². The Morgan fingerprint density at radius 3 is 2.29 bits per heavy atom. The fourth-order valence-corrected chi connectivity index (χ4v) is 0.903. The van der Waals surface area contributed by atoms with Crippen molar-refractivity contribution in [2.24, 2.45) is 11.1 Å². The molecule has 0 rings (SSSR count). The van der Waals surface area contributed by atoms with E-state index < -0.39 is 12.2 Å². The fourth-order valence-electron chi connectivity index (χ4n) is 0.903. The second kappa shape index (κ2) is 5.17. The molecule has 1 amide bonds. The maximum atomic E-state index is 10.7. The summed E-state index contributed by atoms with van der Waals surface area (Å²) in [7, 11) is 0. The van der Waals surface area contributed by atoms with E-state index in [0.29, 0.717) is 0 Å². The Morgan fingerprint density at radius 1 is 1.50 bits per heavy atom. The van der Waals surface area contributed by atoms with Crippen molar-refractivity contribution < 1.29 is 15.0 Å². The molecule has 0 radical (unpaired) electrons. The molecule has 84 valence electrons. The monoisotopic (exact) mass is 204 g/mol. The maximum Gasteiger partial charge on any atom is 0.407 e. The average molecular weight is 204 g/mol. The number of carboxylic acid groups (broad SMARTS) is 1. The lowest BCUT2D eigenvalue weighted by molar-refractivity contribution is 0.0306. The molecule has 0 fully saturated rings. The van der Waals surface area contributed by atoms with Crippen molar-refractivity contribution in [3.63, 3.8) is 0 Å². The molecule has 0 aromatic rings. The SMILES string of the molecule is CC(C)(C)C(O)CN(CCN)C(=O)O. The molecule has 0 aliphatic carbocycles. The van der Waals surface area contributed by atoms with Gasteiger partial charge < -0.3 is 20.8 Å². The van der Waals surface area contributed by atoms with Gasteiger partial charge in [-0.25, -0.2) is 4.79 Å². The van der Waals surface area contributed by atoms with E-state index in [2.05, 4.69) is 0 Å². The van der Waals surface area contributed by atoms with Gasteiger partial charge in [0.05, 0.1) is 12.6 Å². The summed E-state index contributed by atoms with van der Waals surface area (Å²) in [5.74, 6) is 0. The van der Waals surface area contributed by atoms with E-state index in [-0.39, 0.29) is 25.0 Å². The number of aliphatic hydroxyl groups is 1. The first-order valence-corrected chi connectivity index (χ1v) is 4.65. The van der Waals surface area contributed by atoms with E-state index in [0.717, 1.165) is 4.90 Å². The highest BCUT2D eigenvalue weighted by Crippen LogP contribution is 2.19. The van der Waals surface area contributed by atoms with Crippen LogP contribution in [0, 0.1) is 5.41 Å². The topological polar surface area (TPSA) is 86.8 Å². The molecule has 0 saturated carbocycles. The zero-order valence-electron chi connectivity index (χ0n) is 9.03. The molecule has 0 aliphatic rings. The van der Waals surface area contributed by atoms with Crippen LogP contribution in [0.5, 0.6) is 0 Å². The quantitative estimate of drug-likeness (QED) is 0.616. The van der Waals surface area contributed by atoms with Crippen LogP contribution >= 0.6 is 0 Å². The number of nitrogens with two attached hydrogens (primary N) is 1. The number of aliphatic hydroxyl groups excluding tert-OH is 1. The second-order valence-electron chi connectivity index (χ2n) is 4.40. The minimum absolute atomic E-state index is 0.107. The molecular formula is C9H20N2O3. The lowest BCUT2D eigenvalue weighted by Gasteiger charge is -2.30. The second-order valence-corrected chi connectivity index (χ2v) is 4.40. The number of rotatable bonds is 4. The van der Waals surface area contributed by atoms with Crippen molar-refractivity contribution in [1.82, 2.24) is 4.90 Å². The first kappa shape index (κ1) is 13.2. The number of nitrogens with zero attached hydrogens (tertiary/aromatic N) is 1. The highest BCUT2D eigenvalue weighted by molar-refractivity contribution is 5.64. The summed E-state index contributed by atoms with van der Waals surface area (Å²) in [5, 5.41) is 18.5. The summed E-state index contributed by atoms with van der Waals surface area (Å²) in [6.45, 7) is 6.21. The van der Waals surface area contributed by atoms with Crippen LogP contribution in [-0.4, -0.2) is 46.9 Å². The van der Waals surface area contributed by atoms with Crippen molar-refractivity contribution in [2.45, 2.75) is 26.9 Å². The Balaban J connectivity index is 4.23. The molecular weight excluding hydrogens is 184 g/mol. The predicted molar refractivity (Wildman–Crippen MR) is 54.1 cm³/mol. The maximum absolute atomic E-state index is 10.7. The van der Waals surface area contributed by atoms with Gasteiger partial charge in [-0.15, -0.1) is 0 Å². The normalized spacial score (nSPS) is 13.8. The molecule has 5 nitrogen and oxygen atoms in total. The van der Waals surface area contributed by atoms with Gasteiger partial charge in [-0.1, -0.05) is 20.8 Å². The van der Waals surface area contributed by atoms with Crippen molar-refractivity contribution in [3.05, 3.63) is 0 Å². The third-order valence-electron chi connectivity index (χ3n) is 2.06. The zero-order chi connectivity index (χ0) is 11.4. The van der Waals surface area contributed by atoms with Crippen LogP contribution in [0.4, 0.5) is 4.79 Å². The van der Waals surface area contributed by atoms with Gasteiger partial charge in [0, 0.05) is 13.1 Å². The van der Waals surface area contributed by atoms with Crippen molar-refractivity contribution in [2.75, 3.05) is 19.6 Å². The summed E-state index contributed by atoms with van der Waals surface area (Å²) >= 11 is 0. The third-order valence-corrected chi connectivity index (χ3v) is 2.06. The highest BCUT2D eigenvalue weighted by atomic mass is 16.4. The van der Waals surface area contributed by atoms with E-state index in [1.54, 1.807) is 0 Å². The van der Waals surface area contributed by atoms with E-state index in [4.69, 9.17) is 10.8 Å². The average Bonchev–Trinajstić information content (AvgIpc) is 2.01. The summed E-state index contributed by atoms with van der Waals surface area (Å²) in [6, 6.07) is 0. The minimum atomic E-state index is -1.04. The lowest BCUT2D eigenvalue weighted by Crippen LogP contribution is -2.43. The fraction of sp³-hybridized carbons (Fsp3) is 0.889. The van der Waals surface area contributed by atoms with Gasteiger partial charge in [-0.2, -0.15) is 0 Å². The first-order chi connectivity index (χ1) is 6.29. The van der Waals surface area contributed by atoms with E-state index in [1.807, 2.05) is 20.8 Å². The van der Waals surface area contributed by atoms with Crippen LogP contribution in [0.2, 0.25) is 0 Å². The summed E-state index contributed by atoms with van der Waals surface area (Å²) in [6.07, 6.45) is -1.72. The largest absolute Gasteiger partial charge is 0.465 e. The van der Waals surface area contributed by atoms with Crippen LogP contribution in [0.3, 0.4) is 0 Å². The molecule has 0 spiro atoms. The molecule has 4 N–H and O–H groups in total. The lowest BCUT2D eigenvalue weighted by atomic mass is 9.89. The van der Waals surface area contributed by atoms with Crippen LogP contribution in [0.25, 0.3) is 0 Å². The zero-order valence-corrected chi connectivity index (χ0v) is 9.03. The van der Waals surface area contributed by atoms with Gasteiger partial charge in [0.25, 0.3) is 0 Å². The van der Waals surface area contributed by atoms with Gasteiger partial charge in [0.15, 0.2) is 0 Å². The molecule has 0 aromatic heterocycles. The number of amides is 1. The Morgan fingerprint density at radius 2 is 2.00 bits per heavy atom. The summed E-state index contributed by atoms with van der Waals surface area (Å²) < 4.78 is 0. The predicted octanol–water partition coefficient (Wildman–Crippen LogP) is 0.332. The molecule has 0 aromatic carbocycles. The summed E-state index contributed by atoms with van der Waals surface area (Å²) in [4.78, 5) is 11.8. The molecule has 0 saturated heterocycles. The Bertz CT molecular complexity index is 189. The summed E-state index contributed by atoms with van der Waals surface area (Å²) in [5.41, 5.74) is 4.95. The highest BCUT2D eigenvalue weighted by Gasteiger charge is 2.25. The van der Waals surface area contributed by atoms with Gasteiger partial charge in [0.1, 0.15) is 0 Å². The molecule has 0 bridgehead atoms. The van der Waals surface area contributed by atoms with Gasteiger partial charge in [-0.05, 0) is 5.41 Å². The van der Waals surface area contributed by atoms with Crippen LogP contribution in [-0.2, 0) is 0 Å². The standard InChI is InChI=1S/C9H20N2O3/c1-9(2,3)7(12)6-11(5-4-10)8(13)14/h7,12H,4-6,10H2,1-3H3,(H,13,14). The molecule has 0 heterocycles. The Labute approximate surface area is 84.5 Å². The number of hydrogen-bond donors (Lipinski definition) is 3. The van der Waals surface area contributed by atoms with Gasteiger partial charge in [-0.3, -0.25) is 0 Å². The van der Waals surface area contributed by atoms with Crippen molar-refractivity contribution in [1.29, 1.82) is 0 Å². The van der Waals surface area contributed by atoms with Crippen LogP contribution < -0.4 is 5.73 Å². The Kier molecular flexibility index (Phi) is 4.87. The van der Waals surface area contributed by atoms with E-state index in [9.17, 15) is 9.90 Å². The van der Waals surface area contributed by atoms with Crippen molar-refractivity contribution in [3.8, 4) is 0 Å². The van der Waals surface area contributed by atoms with Gasteiger partial charge in [0.2, 0.25) is 0 Å². The number of hydrogen-bond acceptors (Lipinski definition) is 3. The molecule has 1 unspecified atom stereocenters. The molecule has 0 aliphatic heterocycles.